The Kier molecular flexibility index (Phi) is 8.83. The minimum absolute atomic E-state index is 0.0613. The minimum atomic E-state index is -0.304. The van der Waals surface area contributed by atoms with E-state index in [2.05, 4.69) is 5.32 Å². The second-order valence-corrected chi connectivity index (χ2v) is 3.46. The zero-order valence-electron chi connectivity index (χ0n) is 9.21. The van der Waals surface area contributed by atoms with E-state index in [0.29, 0.717) is 0 Å². The summed E-state index contributed by atoms with van der Waals surface area (Å²) in [7, 11) is 1.71. The van der Waals surface area contributed by atoms with Crippen molar-refractivity contribution >= 4 is 5.78 Å². The molecule has 0 bridgehead atoms. The van der Waals surface area contributed by atoms with Crippen molar-refractivity contribution < 1.29 is 9.53 Å². The van der Waals surface area contributed by atoms with Crippen LogP contribution in [-0.2, 0) is 9.53 Å². The number of carbonyl (C=O) groups excluding carboxylic acids is 1. The van der Waals surface area contributed by atoms with Gasteiger partial charge in [0.05, 0.1) is 6.04 Å². The van der Waals surface area contributed by atoms with Crippen molar-refractivity contribution in [3.8, 4) is 0 Å². The summed E-state index contributed by atoms with van der Waals surface area (Å²) in [5.74, 6) is 0.0613. The van der Waals surface area contributed by atoms with Crippen molar-refractivity contribution in [2.45, 2.75) is 32.2 Å². The molecular formula is C10H22N2O2. The molecular weight excluding hydrogens is 180 g/mol. The molecule has 0 rings (SSSR count). The SMILES string of the molecule is COCCCCNCCC(N)C(C)=O. The Morgan fingerprint density at radius 3 is 2.71 bits per heavy atom. The number of rotatable bonds is 9. The first kappa shape index (κ1) is 13.5. The van der Waals surface area contributed by atoms with Gasteiger partial charge in [0.2, 0.25) is 0 Å². The summed E-state index contributed by atoms with van der Waals surface area (Å²) in [6, 6.07) is -0.304. The molecule has 4 nitrogen and oxygen atoms in total. The molecule has 0 radical (unpaired) electrons. The first-order valence-corrected chi connectivity index (χ1v) is 5.14. The van der Waals surface area contributed by atoms with Crippen molar-refractivity contribution in [2.75, 3.05) is 26.8 Å². The lowest BCUT2D eigenvalue weighted by Crippen LogP contribution is -2.32. The van der Waals surface area contributed by atoms with E-state index in [-0.39, 0.29) is 11.8 Å². The third kappa shape index (κ3) is 8.16. The predicted molar refractivity (Wildman–Crippen MR) is 57.3 cm³/mol. The van der Waals surface area contributed by atoms with Gasteiger partial charge in [0.1, 0.15) is 5.78 Å². The normalized spacial score (nSPS) is 12.8. The maximum Gasteiger partial charge on any atom is 0.146 e. The molecule has 14 heavy (non-hydrogen) atoms. The van der Waals surface area contributed by atoms with E-state index in [1.54, 1.807) is 7.11 Å². The quantitative estimate of drug-likeness (QED) is 0.528. The molecule has 4 heteroatoms. The molecule has 1 atom stereocenters. The van der Waals surface area contributed by atoms with Crippen LogP contribution in [-0.4, -0.2) is 38.6 Å². The number of hydrogen-bond acceptors (Lipinski definition) is 4. The van der Waals surface area contributed by atoms with Crippen molar-refractivity contribution in [3.05, 3.63) is 0 Å². The van der Waals surface area contributed by atoms with Crippen LogP contribution in [0.25, 0.3) is 0 Å². The van der Waals surface area contributed by atoms with Gasteiger partial charge in [-0.1, -0.05) is 0 Å². The van der Waals surface area contributed by atoms with Gasteiger partial charge in [-0.05, 0) is 39.3 Å². The van der Waals surface area contributed by atoms with Gasteiger partial charge in [0.25, 0.3) is 0 Å². The number of nitrogens with two attached hydrogens (primary N) is 1. The fourth-order valence-corrected chi connectivity index (χ4v) is 1.08. The van der Waals surface area contributed by atoms with Gasteiger partial charge in [-0.3, -0.25) is 4.79 Å². The highest BCUT2D eigenvalue weighted by molar-refractivity contribution is 5.81. The number of nitrogens with one attached hydrogen (secondary N) is 1. The lowest BCUT2D eigenvalue weighted by molar-refractivity contribution is -0.118. The average Bonchev–Trinajstić information content (AvgIpc) is 2.16. The summed E-state index contributed by atoms with van der Waals surface area (Å²) in [6.07, 6.45) is 2.89. The van der Waals surface area contributed by atoms with Crippen molar-refractivity contribution in [3.63, 3.8) is 0 Å². The van der Waals surface area contributed by atoms with Crippen molar-refractivity contribution in [1.82, 2.24) is 5.32 Å². The summed E-state index contributed by atoms with van der Waals surface area (Å²) in [5, 5.41) is 3.24. The van der Waals surface area contributed by atoms with Crippen LogP contribution in [0.5, 0.6) is 0 Å². The Morgan fingerprint density at radius 2 is 2.14 bits per heavy atom. The molecule has 0 spiro atoms. The molecule has 0 saturated heterocycles. The minimum Gasteiger partial charge on any atom is -0.385 e. The van der Waals surface area contributed by atoms with Crippen LogP contribution < -0.4 is 11.1 Å². The fourth-order valence-electron chi connectivity index (χ4n) is 1.08. The van der Waals surface area contributed by atoms with Gasteiger partial charge >= 0.3 is 0 Å². The van der Waals surface area contributed by atoms with E-state index in [1.165, 1.54) is 6.92 Å². The number of Topliss-reactive ketones (excluding diaryl/α,β-unsaturated/α-hetero) is 1. The molecule has 1 unspecified atom stereocenters. The molecule has 0 aliphatic rings. The van der Waals surface area contributed by atoms with Gasteiger partial charge in [-0.25, -0.2) is 0 Å². The Hall–Kier alpha value is -0.450. The number of unbranched alkanes of at least 4 members (excludes halogenated alkanes) is 1. The molecule has 84 valence electrons. The summed E-state index contributed by atoms with van der Waals surface area (Å²) in [4.78, 5) is 10.8. The Balaban J connectivity index is 3.09. The average molecular weight is 202 g/mol. The monoisotopic (exact) mass is 202 g/mol. The number of ether oxygens (including phenoxy) is 1. The van der Waals surface area contributed by atoms with Crippen LogP contribution >= 0.6 is 0 Å². The zero-order chi connectivity index (χ0) is 10.8. The second kappa shape index (κ2) is 9.12. The van der Waals surface area contributed by atoms with Crippen molar-refractivity contribution in [2.24, 2.45) is 5.73 Å². The molecule has 0 aliphatic heterocycles. The van der Waals surface area contributed by atoms with Crippen LogP contribution in [0.15, 0.2) is 0 Å². The van der Waals surface area contributed by atoms with Crippen LogP contribution in [0.4, 0.5) is 0 Å². The molecule has 0 amide bonds. The molecule has 3 N–H and O–H groups in total. The molecule has 0 aromatic heterocycles. The van der Waals surface area contributed by atoms with Gasteiger partial charge in [0, 0.05) is 13.7 Å². The smallest absolute Gasteiger partial charge is 0.146 e. The Morgan fingerprint density at radius 1 is 1.43 bits per heavy atom. The molecule has 0 heterocycles. The number of hydrogen-bond donors (Lipinski definition) is 2. The van der Waals surface area contributed by atoms with E-state index in [4.69, 9.17) is 10.5 Å². The highest BCUT2D eigenvalue weighted by atomic mass is 16.5. The van der Waals surface area contributed by atoms with E-state index in [0.717, 1.165) is 39.0 Å². The predicted octanol–water partition coefficient (Wildman–Crippen LogP) is 0.309. The third-order valence-electron chi connectivity index (χ3n) is 2.11. The topological polar surface area (TPSA) is 64.3 Å². The largest absolute Gasteiger partial charge is 0.385 e. The van der Waals surface area contributed by atoms with E-state index >= 15 is 0 Å². The number of ketones is 1. The summed E-state index contributed by atoms with van der Waals surface area (Å²) < 4.78 is 4.93. The van der Waals surface area contributed by atoms with Crippen molar-refractivity contribution in [1.29, 1.82) is 0 Å². The molecule has 0 saturated carbocycles. The van der Waals surface area contributed by atoms with Gasteiger partial charge < -0.3 is 15.8 Å². The summed E-state index contributed by atoms with van der Waals surface area (Å²) in [6.45, 7) is 4.12. The summed E-state index contributed by atoms with van der Waals surface area (Å²) in [5.41, 5.74) is 5.57. The molecule has 0 aromatic carbocycles. The van der Waals surface area contributed by atoms with Gasteiger partial charge in [-0.2, -0.15) is 0 Å². The molecule has 0 fully saturated rings. The number of carbonyl (C=O) groups is 1. The third-order valence-corrected chi connectivity index (χ3v) is 2.11. The number of methoxy groups -OCH3 is 1. The molecule has 0 aromatic rings. The first-order valence-electron chi connectivity index (χ1n) is 5.14. The Labute approximate surface area is 86.2 Å². The lowest BCUT2D eigenvalue weighted by Gasteiger charge is -2.08. The summed E-state index contributed by atoms with van der Waals surface area (Å²) >= 11 is 0. The first-order chi connectivity index (χ1) is 6.68. The lowest BCUT2D eigenvalue weighted by atomic mass is 10.1. The fraction of sp³-hybridized carbons (Fsp3) is 0.900. The maximum absolute atomic E-state index is 10.8. The maximum atomic E-state index is 10.8. The zero-order valence-corrected chi connectivity index (χ0v) is 9.21. The van der Waals surface area contributed by atoms with Crippen LogP contribution in [0.2, 0.25) is 0 Å². The Bertz CT molecular complexity index is 151. The van der Waals surface area contributed by atoms with Crippen LogP contribution in [0.3, 0.4) is 0 Å². The van der Waals surface area contributed by atoms with Crippen LogP contribution in [0.1, 0.15) is 26.2 Å². The van der Waals surface area contributed by atoms with Crippen LogP contribution in [0, 0.1) is 0 Å². The molecule has 0 aliphatic carbocycles. The highest BCUT2D eigenvalue weighted by Crippen LogP contribution is 1.89. The van der Waals surface area contributed by atoms with Gasteiger partial charge in [0.15, 0.2) is 0 Å². The second-order valence-electron chi connectivity index (χ2n) is 3.46. The standard InChI is InChI=1S/C10H22N2O2/c1-9(13)10(11)5-7-12-6-3-4-8-14-2/h10,12H,3-8,11H2,1-2H3. The van der Waals surface area contributed by atoms with E-state index in [1.807, 2.05) is 0 Å². The highest BCUT2D eigenvalue weighted by Gasteiger charge is 2.05. The van der Waals surface area contributed by atoms with E-state index in [9.17, 15) is 4.79 Å². The van der Waals surface area contributed by atoms with Gasteiger partial charge in [-0.15, -0.1) is 0 Å². The van der Waals surface area contributed by atoms with E-state index < -0.39 is 0 Å².